The molecule has 0 unspecified atom stereocenters. The van der Waals surface area contributed by atoms with E-state index in [-0.39, 0.29) is 18.2 Å². The molecule has 0 aromatic heterocycles. The fourth-order valence-corrected chi connectivity index (χ4v) is 2.18. The number of esters is 2. The van der Waals surface area contributed by atoms with Crippen LogP contribution < -0.4 is 0 Å². The highest BCUT2D eigenvalue weighted by molar-refractivity contribution is 6.35. The standard InChI is InChI=1S/C15H18Cl2O4/c1-3-7-20-14(18)13(15(19)21-8-4-2)11-6-5-10(16)9-12(11)17/h5-6,9,13H,3-4,7-8H2,1-2H3. The third-order valence-electron chi connectivity index (χ3n) is 2.64. The van der Waals surface area contributed by atoms with E-state index in [9.17, 15) is 9.59 Å². The lowest BCUT2D eigenvalue weighted by Gasteiger charge is -2.16. The van der Waals surface area contributed by atoms with E-state index in [1.54, 1.807) is 6.07 Å². The van der Waals surface area contributed by atoms with Gasteiger partial charge < -0.3 is 9.47 Å². The highest BCUT2D eigenvalue weighted by Crippen LogP contribution is 2.29. The molecule has 1 rings (SSSR count). The lowest BCUT2D eigenvalue weighted by Crippen LogP contribution is -2.27. The number of hydrogen-bond acceptors (Lipinski definition) is 4. The number of ether oxygens (including phenoxy) is 2. The van der Waals surface area contributed by atoms with Crippen LogP contribution in [0.1, 0.15) is 38.2 Å². The predicted octanol–water partition coefficient (Wildman–Crippen LogP) is 3.98. The Balaban J connectivity index is 3.05. The molecule has 116 valence electrons. The third kappa shape index (κ3) is 5.21. The molecule has 4 nitrogen and oxygen atoms in total. The summed E-state index contributed by atoms with van der Waals surface area (Å²) in [7, 11) is 0. The van der Waals surface area contributed by atoms with Crippen LogP contribution in [0.15, 0.2) is 18.2 Å². The lowest BCUT2D eigenvalue weighted by atomic mass is 9.99. The summed E-state index contributed by atoms with van der Waals surface area (Å²) >= 11 is 11.9. The van der Waals surface area contributed by atoms with Gasteiger partial charge in [-0.15, -0.1) is 0 Å². The van der Waals surface area contributed by atoms with Crippen molar-refractivity contribution in [2.24, 2.45) is 0 Å². The molecule has 0 N–H and O–H groups in total. The van der Waals surface area contributed by atoms with Crippen molar-refractivity contribution in [2.45, 2.75) is 32.6 Å². The van der Waals surface area contributed by atoms with E-state index in [1.807, 2.05) is 13.8 Å². The van der Waals surface area contributed by atoms with E-state index in [4.69, 9.17) is 32.7 Å². The monoisotopic (exact) mass is 332 g/mol. The molecule has 0 fully saturated rings. The zero-order valence-corrected chi connectivity index (χ0v) is 13.5. The normalized spacial score (nSPS) is 10.5. The molecule has 0 amide bonds. The van der Waals surface area contributed by atoms with E-state index < -0.39 is 17.9 Å². The second-order valence-electron chi connectivity index (χ2n) is 4.43. The minimum absolute atomic E-state index is 0.231. The maximum absolute atomic E-state index is 12.1. The first-order valence-corrected chi connectivity index (χ1v) is 7.55. The maximum atomic E-state index is 12.1. The summed E-state index contributed by atoms with van der Waals surface area (Å²) in [5.41, 5.74) is 0.336. The summed E-state index contributed by atoms with van der Waals surface area (Å²) in [5, 5.41) is 0.653. The maximum Gasteiger partial charge on any atom is 0.324 e. The van der Waals surface area contributed by atoms with E-state index >= 15 is 0 Å². The van der Waals surface area contributed by atoms with Crippen molar-refractivity contribution in [1.29, 1.82) is 0 Å². The Morgan fingerprint density at radius 3 is 2.00 bits per heavy atom. The first-order valence-electron chi connectivity index (χ1n) is 6.79. The van der Waals surface area contributed by atoms with Gasteiger partial charge in [0.2, 0.25) is 0 Å². The van der Waals surface area contributed by atoms with Crippen molar-refractivity contribution in [3.05, 3.63) is 33.8 Å². The molecule has 6 heteroatoms. The van der Waals surface area contributed by atoms with Gasteiger partial charge in [-0.05, 0) is 30.5 Å². The molecule has 1 aromatic rings. The molecule has 0 spiro atoms. The molecule has 0 saturated heterocycles. The number of rotatable bonds is 7. The number of benzene rings is 1. The minimum atomic E-state index is -1.19. The lowest BCUT2D eigenvalue weighted by molar-refractivity contribution is -0.157. The largest absolute Gasteiger partial charge is 0.465 e. The van der Waals surface area contributed by atoms with Crippen LogP contribution in [0.2, 0.25) is 10.0 Å². The van der Waals surface area contributed by atoms with Crippen LogP contribution in [-0.4, -0.2) is 25.2 Å². The van der Waals surface area contributed by atoms with Crippen molar-refractivity contribution in [1.82, 2.24) is 0 Å². The minimum Gasteiger partial charge on any atom is -0.465 e. The first-order chi connectivity index (χ1) is 10.0. The first kappa shape index (κ1) is 17.8. The molecule has 0 saturated carbocycles. The van der Waals surface area contributed by atoms with Crippen LogP contribution in [0.5, 0.6) is 0 Å². The zero-order valence-electron chi connectivity index (χ0n) is 12.0. The van der Waals surface area contributed by atoms with Gasteiger partial charge >= 0.3 is 11.9 Å². The molecule has 0 atom stereocenters. The Kier molecular flexibility index (Phi) is 7.54. The van der Waals surface area contributed by atoms with Gasteiger partial charge in [0, 0.05) is 10.0 Å². The topological polar surface area (TPSA) is 52.6 Å². The summed E-state index contributed by atoms with van der Waals surface area (Å²) in [5.74, 6) is -2.52. The van der Waals surface area contributed by atoms with Gasteiger partial charge in [-0.25, -0.2) is 0 Å². The Morgan fingerprint density at radius 2 is 1.57 bits per heavy atom. The SMILES string of the molecule is CCCOC(=O)C(C(=O)OCCC)c1ccc(Cl)cc1Cl. The van der Waals surface area contributed by atoms with E-state index in [1.165, 1.54) is 12.1 Å². The fourth-order valence-electron chi connectivity index (χ4n) is 1.66. The van der Waals surface area contributed by atoms with Gasteiger partial charge in [-0.3, -0.25) is 9.59 Å². The molecular weight excluding hydrogens is 315 g/mol. The van der Waals surface area contributed by atoms with E-state index in [0.29, 0.717) is 23.4 Å². The molecular formula is C15H18Cl2O4. The number of halogens is 2. The second-order valence-corrected chi connectivity index (χ2v) is 5.28. The number of carbonyl (C=O) groups is 2. The van der Waals surface area contributed by atoms with Gasteiger partial charge in [0.15, 0.2) is 5.92 Å². The van der Waals surface area contributed by atoms with E-state index in [2.05, 4.69) is 0 Å². The molecule has 0 aliphatic rings. The van der Waals surface area contributed by atoms with Crippen molar-refractivity contribution < 1.29 is 19.1 Å². The second kappa shape index (κ2) is 8.90. The van der Waals surface area contributed by atoms with Crippen molar-refractivity contribution in [2.75, 3.05) is 13.2 Å². The molecule has 0 radical (unpaired) electrons. The summed E-state index contributed by atoms with van der Waals surface area (Å²) < 4.78 is 10.1. The summed E-state index contributed by atoms with van der Waals surface area (Å²) in [6.07, 6.45) is 1.33. The smallest absolute Gasteiger partial charge is 0.324 e. The fraction of sp³-hybridized carbons (Fsp3) is 0.467. The molecule has 0 bridgehead atoms. The van der Waals surface area contributed by atoms with Crippen molar-refractivity contribution >= 4 is 35.1 Å². The molecule has 21 heavy (non-hydrogen) atoms. The predicted molar refractivity (Wildman–Crippen MR) is 81.7 cm³/mol. The Bertz CT molecular complexity index is 482. The van der Waals surface area contributed by atoms with Crippen LogP contribution in [-0.2, 0) is 19.1 Å². The van der Waals surface area contributed by atoms with Crippen LogP contribution >= 0.6 is 23.2 Å². The van der Waals surface area contributed by atoms with Gasteiger partial charge in [-0.1, -0.05) is 43.1 Å². The van der Waals surface area contributed by atoms with Crippen molar-refractivity contribution in [3.8, 4) is 0 Å². The highest BCUT2D eigenvalue weighted by Gasteiger charge is 2.33. The molecule has 0 aliphatic heterocycles. The van der Waals surface area contributed by atoms with Crippen LogP contribution in [0.4, 0.5) is 0 Å². The van der Waals surface area contributed by atoms with Crippen molar-refractivity contribution in [3.63, 3.8) is 0 Å². The van der Waals surface area contributed by atoms with Gasteiger partial charge in [0.05, 0.1) is 13.2 Å². The molecule has 0 heterocycles. The Hall–Kier alpha value is -1.26. The molecule has 0 aliphatic carbocycles. The van der Waals surface area contributed by atoms with Crippen LogP contribution in [0.3, 0.4) is 0 Å². The highest BCUT2D eigenvalue weighted by atomic mass is 35.5. The average Bonchev–Trinajstić information content (AvgIpc) is 2.45. The van der Waals surface area contributed by atoms with Gasteiger partial charge in [0.25, 0.3) is 0 Å². The average molecular weight is 333 g/mol. The number of carbonyl (C=O) groups excluding carboxylic acids is 2. The zero-order chi connectivity index (χ0) is 15.8. The third-order valence-corrected chi connectivity index (χ3v) is 3.20. The molecule has 1 aromatic carbocycles. The Labute approximate surface area is 134 Å². The number of hydrogen-bond donors (Lipinski definition) is 0. The Morgan fingerprint density at radius 1 is 1.05 bits per heavy atom. The van der Waals surface area contributed by atoms with Gasteiger partial charge in [0.1, 0.15) is 0 Å². The van der Waals surface area contributed by atoms with Crippen LogP contribution in [0.25, 0.3) is 0 Å². The van der Waals surface area contributed by atoms with E-state index in [0.717, 1.165) is 0 Å². The van der Waals surface area contributed by atoms with Gasteiger partial charge in [-0.2, -0.15) is 0 Å². The quantitative estimate of drug-likeness (QED) is 0.559. The summed E-state index contributed by atoms with van der Waals surface area (Å²) in [6.45, 7) is 4.21. The summed E-state index contributed by atoms with van der Waals surface area (Å²) in [4.78, 5) is 24.3. The van der Waals surface area contributed by atoms with Crippen LogP contribution in [0, 0.1) is 0 Å². The summed E-state index contributed by atoms with van der Waals surface area (Å²) in [6, 6.07) is 4.58.